The summed E-state index contributed by atoms with van der Waals surface area (Å²) in [6, 6.07) is 14.0. The van der Waals surface area contributed by atoms with Crippen molar-refractivity contribution in [2.75, 3.05) is 32.0 Å². The highest BCUT2D eigenvalue weighted by Gasteiger charge is 2.31. The van der Waals surface area contributed by atoms with Gasteiger partial charge in [-0.1, -0.05) is 30.3 Å². The Morgan fingerprint density at radius 2 is 2.04 bits per heavy atom. The molecule has 1 aromatic heterocycles. The van der Waals surface area contributed by atoms with E-state index in [-0.39, 0.29) is 6.03 Å². The molecule has 1 aromatic carbocycles. The zero-order valence-electron chi connectivity index (χ0n) is 14.2. The topological polar surface area (TPSA) is 57.3 Å². The molecule has 2 amide bonds. The van der Waals surface area contributed by atoms with Crippen LogP contribution in [0.5, 0.6) is 0 Å². The number of likely N-dealkylation sites (tertiary alicyclic amines) is 1. The van der Waals surface area contributed by atoms with Crippen LogP contribution >= 0.6 is 0 Å². The van der Waals surface area contributed by atoms with E-state index in [1.807, 2.05) is 19.1 Å². The largest absolute Gasteiger partial charge is 0.338 e. The predicted molar refractivity (Wildman–Crippen MR) is 96.2 cm³/mol. The lowest BCUT2D eigenvalue weighted by Gasteiger charge is -2.19. The number of hydrogen-bond acceptors (Lipinski definition) is 3. The number of urea groups is 1. The fourth-order valence-corrected chi connectivity index (χ4v) is 3.39. The molecular weight excluding hydrogens is 300 g/mol. The second-order valence-electron chi connectivity index (χ2n) is 6.52. The summed E-state index contributed by atoms with van der Waals surface area (Å²) in [5, 5.41) is 5.88. The van der Waals surface area contributed by atoms with Crippen LogP contribution in [0.1, 0.15) is 17.2 Å². The van der Waals surface area contributed by atoms with Gasteiger partial charge in [-0.25, -0.2) is 4.79 Å². The Labute approximate surface area is 143 Å². The van der Waals surface area contributed by atoms with Gasteiger partial charge in [0, 0.05) is 43.1 Å². The smallest absolute Gasteiger partial charge is 0.319 e. The zero-order chi connectivity index (χ0) is 16.9. The van der Waals surface area contributed by atoms with Crippen LogP contribution in [0.2, 0.25) is 0 Å². The number of carbonyl (C=O) groups excluding carboxylic acids is 1. The SMILES string of the molecule is Cc1cc(NC(=O)NC[C@@H]2CN(C)C[C@H]2c2ccccc2)ccn1. The molecule has 0 spiro atoms. The van der Waals surface area contributed by atoms with E-state index < -0.39 is 0 Å². The second-order valence-corrected chi connectivity index (χ2v) is 6.52. The molecule has 0 radical (unpaired) electrons. The molecule has 2 N–H and O–H groups in total. The van der Waals surface area contributed by atoms with Crippen molar-refractivity contribution < 1.29 is 4.79 Å². The summed E-state index contributed by atoms with van der Waals surface area (Å²) in [4.78, 5) is 18.6. The quantitative estimate of drug-likeness (QED) is 0.909. The Morgan fingerprint density at radius 3 is 2.79 bits per heavy atom. The normalized spacial score (nSPS) is 20.8. The number of likely N-dealkylation sites (N-methyl/N-ethyl adjacent to an activating group) is 1. The fraction of sp³-hybridized carbons (Fsp3) is 0.368. The lowest BCUT2D eigenvalue weighted by atomic mass is 9.89. The highest BCUT2D eigenvalue weighted by atomic mass is 16.2. The van der Waals surface area contributed by atoms with Gasteiger partial charge in [-0.05, 0) is 37.6 Å². The predicted octanol–water partition coefficient (Wildman–Crippen LogP) is 2.86. The molecule has 2 heterocycles. The summed E-state index contributed by atoms with van der Waals surface area (Å²) < 4.78 is 0. The van der Waals surface area contributed by atoms with Crippen molar-refractivity contribution in [2.45, 2.75) is 12.8 Å². The molecule has 1 saturated heterocycles. The van der Waals surface area contributed by atoms with Gasteiger partial charge < -0.3 is 15.5 Å². The van der Waals surface area contributed by atoms with Crippen LogP contribution in [-0.2, 0) is 0 Å². The molecule has 1 aliphatic heterocycles. The standard InChI is InChI=1S/C19H24N4O/c1-14-10-17(8-9-20-14)22-19(24)21-11-16-12-23(2)13-18(16)15-6-4-3-5-7-15/h3-10,16,18H,11-13H2,1-2H3,(H2,20,21,22,24)/t16-,18+/m1/s1. The van der Waals surface area contributed by atoms with Gasteiger partial charge in [0.05, 0.1) is 0 Å². The van der Waals surface area contributed by atoms with E-state index in [1.54, 1.807) is 12.3 Å². The van der Waals surface area contributed by atoms with E-state index >= 15 is 0 Å². The lowest BCUT2D eigenvalue weighted by Crippen LogP contribution is -2.35. The first-order valence-corrected chi connectivity index (χ1v) is 8.33. The van der Waals surface area contributed by atoms with Crippen molar-refractivity contribution >= 4 is 11.7 Å². The number of nitrogens with one attached hydrogen (secondary N) is 2. The Morgan fingerprint density at radius 1 is 1.25 bits per heavy atom. The minimum atomic E-state index is -0.165. The number of carbonyl (C=O) groups is 1. The Kier molecular flexibility index (Phi) is 5.11. The molecule has 0 unspecified atom stereocenters. The summed E-state index contributed by atoms with van der Waals surface area (Å²) in [5.74, 6) is 0.877. The Bertz CT molecular complexity index is 689. The van der Waals surface area contributed by atoms with Crippen molar-refractivity contribution in [3.63, 3.8) is 0 Å². The van der Waals surface area contributed by atoms with Crippen molar-refractivity contribution in [3.8, 4) is 0 Å². The van der Waals surface area contributed by atoms with E-state index in [0.717, 1.165) is 24.5 Å². The average Bonchev–Trinajstić information content (AvgIpc) is 2.95. The summed E-state index contributed by atoms with van der Waals surface area (Å²) in [7, 11) is 2.13. The number of aryl methyl sites for hydroxylation is 1. The van der Waals surface area contributed by atoms with Gasteiger partial charge >= 0.3 is 6.03 Å². The monoisotopic (exact) mass is 324 g/mol. The van der Waals surface area contributed by atoms with E-state index in [9.17, 15) is 4.79 Å². The highest BCUT2D eigenvalue weighted by molar-refractivity contribution is 5.89. The molecule has 3 rings (SSSR count). The molecule has 1 aliphatic rings. The number of pyridine rings is 1. The number of aromatic nitrogens is 1. The number of amides is 2. The summed E-state index contributed by atoms with van der Waals surface area (Å²) in [6.07, 6.45) is 1.70. The maximum absolute atomic E-state index is 12.1. The molecule has 2 atom stereocenters. The molecule has 5 heteroatoms. The fourth-order valence-electron chi connectivity index (χ4n) is 3.39. The molecule has 2 aromatic rings. The number of anilines is 1. The van der Waals surface area contributed by atoms with Crippen LogP contribution in [0.4, 0.5) is 10.5 Å². The average molecular weight is 324 g/mol. The lowest BCUT2D eigenvalue weighted by molar-refractivity contribution is 0.249. The first-order valence-electron chi connectivity index (χ1n) is 8.33. The highest BCUT2D eigenvalue weighted by Crippen LogP contribution is 2.31. The van der Waals surface area contributed by atoms with E-state index in [4.69, 9.17) is 0 Å². The van der Waals surface area contributed by atoms with Crippen LogP contribution in [0.15, 0.2) is 48.7 Å². The van der Waals surface area contributed by atoms with E-state index in [2.05, 4.69) is 51.8 Å². The number of nitrogens with zero attached hydrogens (tertiary/aromatic N) is 2. The van der Waals surface area contributed by atoms with Crippen LogP contribution in [0, 0.1) is 12.8 Å². The minimum absolute atomic E-state index is 0.165. The van der Waals surface area contributed by atoms with Gasteiger partial charge in [-0.15, -0.1) is 0 Å². The molecule has 126 valence electrons. The van der Waals surface area contributed by atoms with Crippen LogP contribution in [0.25, 0.3) is 0 Å². The first-order chi connectivity index (χ1) is 11.6. The number of rotatable bonds is 4. The van der Waals surface area contributed by atoms with Crippen LogP contribution in [-0.4, -0.2) is 42.6 Å². The van der Waals surface area contributed by atoms with Crippen molar-refractivity contribution in [1.29, 1.82) is 0 Å². The molecule has 0 bridgehead atoms. The third-order valence-corrected chi connectivity index (χ3v) is 4.53. The summed E-state index contributed by atoms with van der Waals surface area (Å²) in [6.45, 7) is 4.59. The van der Waals surface area contributed by atoms with Crippen molar-refractivity contribution in [3.05, 3.63) is 59.9 Å². The van der Waals surface area contributed by atoms with Gasteiger partial charge in [-0.2, -0.15) is 0 Å². The first kappa shape index (κ1) is 16.5. The van der Waals surface area contributed by atoms with Crippen molar-refractivity contribution in [1.82, 2.24) is 15.2 Å². The molecule has 0 aliphatic carbocycles. The zero-order valence-corrected chi connectivity index (χ0v) is 14.2. The van der Waals surface area contributed by atoms with Gasteiger partial charge in [0.15, 0.2) is 0 Å². The van der Waals surface area contributed by atoms with Crippen molar-refractivity contribution in [2.24, 2.45) is 5.92 Å². The van der Waals surface area contributed by atoms with Gasteiger partial charge in [0.1, 0.15) is 0 Å². The van der Waals surface area contributed by atoms with Gasteiger partial charge in [0.2, 0.25) is 0 Å². The molecule has 5 nitrogen and oxygen atoms in total. The third kappa shape index (κ3) is 4.11. The minimum Gasteiger partial charge on any atom is -0.338 e. The Hall–Kier alpha value is -2.40. The molecular formula is C19H24N4O. The van der Waals surface area contributed by atoms with E-state index in [0.29, 0.717) is 18.4 Å². The maximum atomic E-state index is 12.1. The van der Waals surface area contributed by atoms with Gasteiger partial charge in [0.25, 0.3) is 0 Å². The number of benzene rings is 1. The summed E-state index contributed by atoms with van der Waals surface area (Å²) >= 11 is 0. The Balaban J connectivity index is 1.57. The van der Waals surface area contributed by atoms with Gasteiger partial charge in [-0.3, -0.25) is 4.98 Å². The number of hydrogen-bond donors (Lipinski definition) is 2. The van der Waals surface area contributed by atoms with E-state index in [1.165, 1.54) is 5.56 Å². The maximum Gasteiger partial charge on any atom is 0.319 e. The molecule has 0 saturated carbocycles. The summed E-state index contributed by atoms with van der Waals surface area (Å²) in [5.41, 5.74) is 3.00. The van der Waals surface area contributed by atoms with Crippen LogP contribution in [0.3, 0.4) is 0 Å². The molecule has 1 fully saturated rings. The second kappa shape index (κ2) is 7.45. The van der Waals surface area contributed by atoms with Crippen LogP contribution < -0.4 is 10.6 Å². The third-order valence-electron chi connectivity index (χ3n) is 4.53. The molecule has 24 heavy (non-hydrogen) atoms.